The van der Waals surface area contributed by atoms with Gasteiger partial charge in [-0.1, -0.05) is 42.0 Å². The van der Waals surface area contributed by atoms with Crippen LogP contribution in [-0.4, -0.2) is 38.6 Å². The van der Waals surface area contributed by atoms with Crippen LogP contribution in [0.4, 0.5) is 5.69 Å². The molecule has 3 rings (SSSR count). The smallest absolute Gasteiger partial charge is 0.265 e. The van der Waals surface area contributed by atoms with Crippen LogP contribution in [0.3, 0.4) is 0 Å². The summed E-state index contributed by atoms with van der Waals surface area (Å²) in [6.07, 6.45) is 0.811. The molecule has 0 bridgehead atoms. The van der Waals surface area contributed by atoms with Gasteiger partial charge in [0.2, 0.25) is 0 Å². The van der Waals surface area contributed by atoms with Crippen LogP contribution < -0.4 is 20.3 Å². The van der Waals surface area contributed by atoms with Crippen molar-refractivity contribution >= 4 is 17.6 Å². The summed E-state index contributed by atoms with van der Waals surface area (Å²) in [7, 11) is 1.76. The predicted octanol–water partition coefficient (Wildman–Crippen LogP) is 2.48. The molecule has 0 aliphatic carbocycles. The number of amides is 1. The minimum atomic E-state index is -0.00409. The molecular formula is C21H26N4O2. The minimum Gasteiger partial charge on any atom is -0.482 e. The zero-order valence-corrected chi connectivity index (χ0v) is 15.9. The number of aryl methyl sites for hydroxylation is 1. The average Bonchev–Trinajstić information content (AvgIpc) is 2.70. The molecule has 6 nitrogen and oxygen atoms in total. The number of anilines is 1. The van der Waals surface area contributed by atoms with Gasteiger partial charge >= 0.3 is 0 Å². The third-order valence-electron chi connectivity index (χ3n) is 4.46. The van der Waals surface area contributed by atoms with E-state index in [9.17, 15) is 4.79 Å². The minimum absolute atomic E-state index is 0.00409. The average molecular weight is 366 g/mol. The fourth-order valence-corrected chi connectivity index (χ4v) is 2.96. The summed E-state index contributed by atoms with van der Waals surface area (Å²) in [4.78, 5) is 18.2. The first-order valence-corrected chi connectivity index (χ1v) is 9.19. The second-order valence-corrected chi connectivity index (χ2v) is 6.49. The lowest BCUT2D eigenvalue weighted by Gasteiger charge is -2.29. The van der Waals surface area contributed by atoms with E-state index in [1.54, 1.807) is 11.9 Å². The molecule has 0 aromatic heterocycles. The second-order valence-electron chi connectivity index (χ2n) is 6.49. The molecule has 2 aromatic carbocycles. The van der Waals surface area contributed by atoms with Crippen molar-refractivity contribution in [1.82, 2.24) is 10.6 Å². The summed E-state index contributed by atoms with van der Waals surface area (Å²) in [6.45, 7) is 4.26. The summed E-state index contributed by atoms with van der Waals surface area (Å²) in [5.74, 6) is 1.51. The highest BCUT2D eigenvalue weighted by atomic mass is 16.5. The van der Waals surface area contributed by atoms with Crippen LogP contribution in [0.25, 0.3) is 0 Å². The largest absolute Gasteiger partial charge is 0.482 e. The first kappa shape index (κ1) is 18.8. The molecule has 0 unspecified atom stereocenters. The number of hydrogen-bond acceptors (Lipinski definition) is 3. The van der Waals surface area contributed by atoms with E-state index in [0.29, 0.717) is 6.54 Å². The molecule has 0 saturated heterocycles. The van der Waals surface area contributed by atoms with Crippen LogP contribution >= 0.6 is 0 Å². The maximum Gasteiger partial charge on any atom is 0.265 e. The Balaban J connectivity index is 1.45. The standard InChI is InChI=1S/C21H26N4O2/c1-16-8-10-17(11-9-16)14-24-21(22-2)23-12-5-13-25-18-6-3-4-7-19(18)27-15-20(25)26/h3-4,6-11H,5,12-15H2,1-2H3,(H2,22,23,24). The third kappa shape index (κ3) is 5.00. The summed E-state index contributed by atoms with van der Waals surface area (Å²) in [5, 5.41) is 6.61. The Morgan fingerprint density at radius 1 is 1.15 bits per heavy atom. The highest BCUT2D eigenvalue weighted by molar-refractivity contribution is 5.97. The summed E-state index contributed by atoms with van der Waals surface area (Å²) in [6, 6.07) is 16.1. The topological polar surface area (TPSA) is 66.0 Å². The molecule has 1 heterocycles. The number of hydrogen-bond donors (Lipinski definition) is 2. The van der Waals surface area contributed by atoms with Crippen molar-refractivity contribution in [1.29, 1.82) is 0 Å². The van der Waals surface area contributed by atoms with Gasteiger partial charge in [0.1, 0.15) is 5.75 Å². The molecule has 2 N–H and O–H groups in total. The number of carbonyl (C=O) groups is 1. The first-order chi connectivity index (χ1) is 13.2. The number of guanidine groups is 1. The van der Waals surface area contributed by atoms with E-state index < -0.39 is 0 Å². The van der Waals surface area contributed by atoms with Crippen molar-refractivity contribution < 1.29 is 9.53 Å². The molecule has 0 spiro atoms. The van der Waals surface area contributed by atoms with Crippen molar-refractivity contribution in [3.05, 3.63) is 59.7 Å². The number of benzene rings is 2. The van der Waals surface area contributed by atoms with Gasteiger partial charge in [0.25, 0.3) is 5.91 Å². The van der Waals surface area contributed by atoms with Gasteiger partial charge in [-0.15, -0.1) is 0 Å². The number of aliphatic imine (C=N–C) groups is 1. The Labute approximate surface area is 160 Å². The van der Waals surface area contributed by atoms with Crippen molar-refractivity contribution in [2.24, 2.45) is 4.99 Å². The van der Waals surface area contributed by atoms with Crippen LogP contribution in [0.15, 0.2) is 53.5 Å². The lowest BCUT2D eigenvalue weighted by molar-refractivity contribution is -0.121. The van der Waals surface area contributed by atoms with Gasteiger partial charge in [0.15, 0.2) is 12.6 Å². The molecule has 1 aliphatic heterocycles. The molecule has 0 fully saturated rings. The molecule has 1 amide bonds. The van der Waals surface area contributed by atoms with Crippen molar-refractivity contribution in [3.63, 3.8) is 0 Å². The van der Waals surface area contributed by atoms with Crippen molar-refractivity contribution in [3.8, 4) is 5.75 Å². The van der Waals surface area contributed by atoms with E-state index >= 15 is 0 Å². The maximum atomic E-state index is 12.2. The molecule has 2 aromatic rings. The predicted molar refractivity (Wildman–Crippen MR) is 108 cm³/mol. The van der Waals surface area contributed by atoms with E-state index in [1.165, 1.54) is 11.1 Å². The van der Waals surface area contributed by atoms with Gasteiger partial charge in [-0.25, -0.2) is 0 Å². The van der Waals surface area contributed by atoms with Gasteiger partial charge in [-0.3, -0.25) is 9.79 Å². The normalized spacial score (nSPS) is 13.8. The van der Waals surface area contributed by atoms with Crippen LogP contribution in [-0.2, 0) is 11.3 Å². The van der Waals surface area contributed by atoms with E-state index in [-0.39, 0.29) is 12.5 Å². The number of rotatable bonds is 6. The van der Waals surface area contributed by atoms with Gasteiger partial charge < -0.3 is 20.3 Å². The first-order valence-electron chi connectivity index (χ1n) is 9.19. The molecule has 142 valence electrons. The van der Waals surface area contributed by atoms with E-state index in [4.69, 9.17) is 4.74 Å². The third-order valence-corrected chi connectivity index (χ3v) is 4.46. The van der Waals surface area contributed by atoms with Gasteiger partial charge in [0, 0.05) is 26.7 Å². The van der Waals surface area contributed by atoms with Crippen LogP contribution in [0.1, 0.15) is 17.5 Å². The molecule has 1 aliphatic rings. The lowest BCUT2D eigenvalue weighted by Crippen LogP contribution is -2.41. The number of fused-ring (bicyclic) bond motifs is 1. The monoisotopic (exact) mass is 366 g/mol. The summed E-state index contributed by atoms with van der Waals surface area (Å²) in [5.41, 5.74) is 3.30. The van der Waals surface area contributed by atoms with Crippen molar-refractivity contribution in [2.45, 2.75) is 19.9 Å². The molecule has 27 heavy (non-hydrogen) atoms. The Morgan fingerprint density at radius 3 is 2.70 bits per heavy atom. The van der Waals surface area contributed by atoms with Crippen LogP contribution in [0.5, 0.6) is 5.75 Å². The van der Waals surface area contributed by atoms with Crippen molar-refractivity contribution in [2.75, 3.05) is 31.6 Å². The Kier molecular flexibility index (Phi) is 6.30. The highest BCUT2D eigenvalue weighted by Crippen LogP contribution is 2.31. The second kappa shape index (κ2) is 9.07. The maximum absolute atomic E-state index is 12.2. The van der Waals surface area contributed by atoms with Crippen LogP contribution in [0.2, 0.25) is 0 Å². The SMILES string of the molecule is CN=C(NCCCN1C(=O)COc2ccccc21)NCc1ccc(C)cc1. The summed E-state index contributed by atoms with van der Waals surface area (Å²) >= 11 is 0. The quantitative estimate of drug-likeness (QED) is 0.468. The summed E-state index contributed by atoms with van der Waals surface area (Å²) < 4.78 is 5.47. The Morgan fingerprint density at radius 2 is 1.93 bits per heavy atom. The lowest BCUT2D eigenvalue weighted by atomic mass is 10.1. The zero-order chi connectivity index (χ0) is 19.1. The van der Waals surface area contributed by atoms with Crippen LogP contribution in [0, 0.1) is 6.92 Å². The molecular weight excluding hydrogens is 340 g/mol. The molecule has 0 atom stereocenters. The van der Waals surface area contributed by atoms with Gasteiger partial charge in [-0.05, 0) is 31.0 Å². The van der Waals surface area contributed by atoms with E-state index in [2.05, 4.69) is 46.8 Å². The van der Waals surface area contributed by atoms with Gasteiger partial charge in [0.05, 0.1) is 5.69 Å². The Bertz CT molecular complexity index is 802. The number of ether oxygens (including phenoxy) is 1. The Hall–Kier alpha value is -3.02. The fourth-order valence-electron chi connectivity index (χ4n) is 2.96. The van der Waals surface area contributed by atoms with E-state index in [1.807, 2.05) is 24.3 Å². The number of carbonyl (C=O) groups excluding carboxylic acids is 1. The fraction of sp³-hybridized carbons (Fsp3) is 0.333. The number of para-hydroxylation sites is 2. The molecule has 0 radical (unpaired) electrons. The molecule has 6 heteroatoms. The zero-order valence-electron chi connectivity index (χ0n) is 15.9. The number of nitrogens with one attached hydrogen (secondary N) is 2. The van der Waals surface area contributed by atoms with E-state index in [0.717, 1.165) is 36.9 Å². The highest BCUT2D eigenvalue weighted by Gasteiger charge is 2.24. The molecule has 0 saturated carbocycles. The number of nitrogens with zero attached hydrogens (tertiary/aromatic N) is 2. The van der Waals surface area contributed by atoms with Gasteiger partial charge in [-0.2, -0.15) is 0 Å².